The lowest BCUT2D eigenvalue weighted by molar-refractivity contribution is -0.213. The van der Waals surface area contributed by atoms with Crippen LogP contribution in [0, 0.1) is 0 Å². The van der Waals surface area contributed by atoms with Gasteiger partial charge in [0.25, 0.3) is 0 Å². The second kappa shape index (κ2) is 7.63. The molecule has 2 unspecified atom stereocenters. The Morgan fingerprint density at radius 1 is 0.933 bits per heavy atom. The SMILES string of the molecule is C1COC(OC2CCCO2)C1.C=CC=C. The topological polar surface area (TPSA) is 27.7 Å². The molecule has 0 saturated carbocycles. The molecule has 2 saturated heterocycles. The van der Waals surface area contributed by atoms with E-state index >= 15 is 0 Å². The minimum absolute atomic E-state index is 0.0121. The third-order valence-corrected chi connectivity index (χ3v) is 2.25. The zero-order chi connectivity index (χ0) is 10.9. The van der Waals surface area contributed by atoms with Gasteiger partial charge in [-0.25, -0.2) is 0 Å². The Balaban J connectivity index is 0.000000245. The highest BCUT2D eigenvalue weighted by Gasteiger charge is 2.23. The van der Waals surface area contributed by atoms with Crippen LogP contribution in [-0.4, -0.2) is 25.8 Å². The van der Waals surface area contributed by atoms with Crippen molar-refractivity contribution in [3.05, 3.63) is 25.3 Å². The zero-order valence-corrected chi connectivity index (χ0v) is 9.19. The molecule has 0 aromatic carbocycles. The van der Waals surface area contributed by atoms with Crippen molar-refractivity contribution in [2.24, 2.45) is 0 Å². The summed E-state index contributed by atoms with van der Waals surface area (Å²) in [6, 6.07) is 0. The Labute approximate surface area is 91.7 Å². The van der Waals surface area contributed by atoms with Gasteiger partial charge in [0, 0.05) is 26.1 Å². The molecule has 0 spiro atoms. The van der Waals surface area contributed by atoms with Crippen LogP contribution in [0.25, 0.3) is 0 Å². The van der Waals surface area contributed by atoms with Crippen LogP contribution >= 0.6 is 0 Å². The van der Waals surface area contributed by atoms with Gasteiger partial charge in [0.2, 0.25) is 0 Å². The van der Waals surface area contributed by atoms with Gasteiger partial charge in [-0.15, -0.1) is 0 Å². The molecule has 2 fully saturated rings. The number of hydrogen-bond acceptors (Lipinski definition) is 3. The summed E-state index contributed by atoms with van der Waals surface area (Å²) in [6.07, 6.45) is 7.60. The number of allylic oxidation sites excluding steroid dienone is 2. The van der Waals surface area contributed by atoms with Crippen LogP contribution in [-0.2, 0) is 14.2 Å². The minimum atomic E-state index is 0.0121. The van der Waals surface area contributed by atoms with E-state index in [-0.39, 0.29) is 12.6 Å². The molecule has 0 radical (unpaired) electrons. The van der Waals surface area contributed by atoms with E-state index in [1.165, 1.54) is 0 Å². The fraction of sp³-hybridized carbons (Fsp3) is 0.667. The lowest BCUT2D eigenvalue weighted by atomic mass is 10.3. The van der Waals surface area contributed by atoms with E-state index in [2.05, 4.69) is 13.2 Å². The number of hydrogen-bond donors (Lipinski definition) is 0. The predicted molar refractivity (Wildman–Crippen MR) is 59.4 cm³/mol. The van der Waals surface area contributed by atoms with Crippen molar-refractivity contribution in [2.45, 2.75) is 38.3 Å². The lowest BCUT2D eigenvalue weighted by Gasteiger charge is -2.15. The molecule has 86 valence electrons. The fourth-order valence-corrected chi connectivity index (χ4v) is 1.48. The van der Waals surface area contributed by atoms with E-state index in [9.17, 15) is 0 Å². The van der Waals surface area contributed by atoms with Crippen molar-refractivity contribution < 1.29 is 14.2 Å². The maximum atomic E-state index is 5.53. The van der Waals surface area contributed by atoms with Crippen molar-refractivity contribution in [3.63, 3.8) is 0 Å². The molecule has 0 N–H and O–H groups in total. The van der Waals surface area contributed by atoms with Crippen molar-refractivity contribution in [1.29, 1.82) is 0 Å². The van der Waals surface area contributed by atoms with Gasteiger partial charge >= 0.3 is 0 Å². The second-order valence-corrected chi connectivity index (χ2v) is 3.49. The Kier molecular flexibility index (Phi) is 6.32. The van der Waals surface area contributed by atoms with E-state index in [4.69, 9.17) is 14.2 Å². The molecule has 2 rings (SSSR count). The average molecular weight is 212 g/mol. The molecule has 15 heavy (non-hydrogen) atoms. The molecule has 2 aliphatic heterocycles. The quantitative estimate of drug-likeness (QED) is 0.673. The van der Waals surface area contributed by atoms with Crippen LogP contribution in [0.15, 0.2) is 25.3 Å². The number of rotatable bonds is 3. The molecule has 0 aliphatic carbocycles. The van der Waals surface area contributed by atoms with Crippen LogP contribution in [0.2, 0.25) is 0 Å². The third-order valence-electron chi connectivity index (χ3n) is 2.25. The fourth-order valence-electron chi connectivity index (χ4n) is 1.48. The Morgan fingerprint density at radius 2 is 1.40 bits per heavy atom. The first-order chi connectivity index (χ1) is 7.36. The third kappa shape index (κ3) is 5.11. The highest BCUT2D eigenvalue weighted by Crippen LogP contribution is 2.20. The highest BCUT2D eigenvalue weighted by molar-refractivity contribution is 4.88. The molecule has 3 heteroatoms. The first-order valence-corrected chi connectivity index (χ1v) is 5.49. The maximum Gasteiger partial charge on any atom is 0.160 e. The summed E-state index contributed by atoms with van der Waals surface area (Å²) in [5.74, 6) is 0. The van der Waals surface area contributed by atoms with E-state index in [0.717, 1.165) is 38.9 Å². The van der Waals surface area contributed by atoms with Gasteiger partial charge in [0.1, 0.15) is 0 Å². The largest absolute Gasteiger partial charge is 0.353 e. The van der Waals surface area contributed by atoms with Gasteiger partial charge in [-0.05, 0) is 12.8 Å². The van der Waals surface area contributed by atoms with Crippen molar-refractivity contribution in [1.82, 2.24) is 0 Å². The predicted octanol–water partition coefficient (Wildman–Crippen LogP) is 2.63. The molecular formula is C12H20O3. The maximum absolute atomic E-state index is 5.53. The Morgan fingerprint density at radius 3 is 1.67 bits per heavy atom. The van der Waals surface area contributed by atoms with E-state index in [0.29, 0.717) is 0 Å². The van der Waals surface area contributed by atoms with E-state index in [1.54, 1.807) is 12.2 Å². The second-order valence-electron chi connectivity index (χ2n) is 3.49. The van der Waals surface area contributed by atoms with Gasteiger partial charge < -0.3 is 14.2 Å². The van der Waals surface area contributed by atoms with Gasteiger partial charge in [-0.1, -0.05) is 25.3 Å². The monoisotopic (exact) mass is 212 g/mol. The molecule has 3 nitrogen and oxygen atoms in total. The van der Waals surface area contributed by atoms with E-state index < -0.39 is 0 Å². The molecule has 2 heterocycles. The summed E-state index contributed by atoms with van der Waals surface area (Å²) in [6.45, 7) is 8.41. The van der Waals surface area contributed by atoms with E-state index in [1.807, 2.05) is 0 Å². The summed E-state index contributed by atoms with van der Waals surface area (Å²) in [5.41, 5.74) is 0. The van der Waals surface area contributed by atoms with Gasteiger partial charge in [-0.2, -0.15) is 0 Å². The van der Waals surface area contributed by atoms with Crippen LogP contribution in [0.1, 0.15) is 25.7 Å². The minimum Gasteiger partial charge on any atom is -0.353 e. The first-order valence-electron chi connectivity index (χ1n) is 5.49. The molecule has 2 atom stereocenters. The number of ether oxygens (including phenoxy) is 3. The van der Waals surface area contributed by atoms with Crippen molar-refractivity contribution in [3.8, 4) is 0 Å². The highest BCUT2D eigenvalue weighted by atomic mass is 16.8. The van der Waals surface area contributed by atoms with Crippen molar-refractivity contribution in [2.75, 3.05) is 13.2 Å². The molecular weight excluding hydrogens is 192 g/mol. The van der Waals surface area contributed by atoms with Gasteiger partial charge in [-0.3, -0.25) is 0 Å². The normalized spacial score (nSPS) is 29.3. The lowest BCUT2D eigenvalue weighted by Crippen LogP contribution is -2.20. The molecule has 2 aliphatic rings. The average Bonchev–Trinajstić information content (AvgIpc) is 2.92. The molecule has 0 aromatic heterocycles. The summed E-state index contributed by atoms with van der Waals surface area (Å²) in [7, 11) is 0. The van der Waals surface area contributed by atoms with Crippen LogP contribution in [0.4, 0.5) is 0 Å². The molecule has 0 amide bonds. The van der Waals surface area contributed by atoms with Gasteiger partial charge in [0.15, 0.2) is 12.6 Å². The van der Waals surface area contributed by atoms with Crippen LogP contribution < -0.4 is 0 Å². The standard InChI is InChI=1S/C8H14O3.C4H6/c1-3-7(9-5-1)11-8-4-2-6-10-8;1-3-4-2/h7-8H,1-6H2;3-4H,1-2H2. The summed E-state index contributed by atoms with van der Waals surface area (Å²) < 4.78 is 16.2. The first kappa shape index (κ1) is 12.4. The Hall–Kier alpha value is -0.640. The summed E-state index contributed by atoms with van der Waals surface area (Å²) in [5, 5.41) is 0. The smallest absolute Gasteiger partial charge is 0.160 e. The van der Waals surface area contributed by atoms with Crippen LogP contribution in [0.5, 0.6) is 0 Å². The molecule has 0 aromatic rings. The van der Waals surface area contributed by atoms with Gasteiger partial charge in [0.05, 0.1) is 0 Å². The Bertz CT molecular complexity index is 159. The molecule has 0 bridgehead atoms. The van der Waals surface area contributed by atoms with Crippen molar-refractivity contribution >= 4 is 0 Å². The zero-order valence-electron chi connectivity index (χ0n) is 9.19. The van der Waals surface area contributed by atoms with Crippen LogP contribution in [0.3, 0.4) is 0 Å². The summed E-state index contributed by atoms with van der Waals surface area (Å²) >= 11 is 0. The summed E-state index contributed by atoms with van der Waals surface area (Å²) in [4.78, 5) is 0.